The average Bonchev–Trinajstić information content (AvgIpc) is 2.91. The lowest BCUT2D eigenvalue weighted by Gasteiger charge is -2.07. The van der Waals surface area contributed by atoms with E-state index >= 15 is 0 Å². The smallest absolute Gasteiger partial charge is 0.350 e. The Kier molecular flexibility index (Phi) is 4.16. The second-order valence-electron chi connectivity index (χ2n) is 4.81. The highest BCUT2D eigenvalue weighted by molar-refractivity contribution is 7.21. The molecule has 0 aliphatic rings. The SMILES string of the molecule is CCOC(=O)c1sc2nc(-c3ccccc3OC)ccc2c1N. The van der Waals surface area contributed by atoms with Crippen molar-refractivity contribution in [2.24, 2.45) is 0 Å². The number of para-hydroxylation sites is 1. The van der Waals surface area contributed by atoms with Gasteiger partial charge >= 0.3 is 5.97 Å². The van der Waals surface area contributed by atoms with E-state index in [-0.39, 0.29) is 0 Å². The average molecular weight is 328 g/mol. The Morgan fingerprint density at radius 3 is 2.78 bits per heavy atom. The summed E-state index contributed by atoms with van der Waals surface area (Å²) in [5, 5.41) is 0.761. The molecule has 0 radical (unpaired) electrons. The molecule has 1 aromatic carbocycles. The van der Waals surface area contributed by atoms with E-state index in [9.17, 15) is 4.79 Å². The summed E-state index contributed by atoms with van der Waals surface area (Å²) in [4.78, 5) is 17.7. The fraction of sp³-hybridized carbons (Fsp3) is 0.176. The summed E-state index contributed by atoms with van der Waals surface area (Å²) in [5.74, 6) is 0.335. The van der Waals surface area contributed by atoms with Gasteiger partial charge in [-0.3, -0.25) is 0 Å². The van der Waals surface area contributed by atoms with Crippen LogP contribution < -0.4 is 10.5 Å². The number of benzene rings is 1. The summed E-state index contributed by atoms with van der Waals surface area (Å²) in [7, 11) is 1.62. The Hall–Kier alpha value is -2.60. The van der Waals surface area contributed by atoms with Crippen LogP contribution in [0.1, 0.15) is 16.6 Å². The molecule has 0 unspecified atom stereocenters. The predicted molar refractivity (Wildman–Crippen MR) is 92.0 cm³/mol. The molecule has 2 N–H and O–H groups in total. The highest BCUT2D eigenvalue weighted by atomic mass is 32.1. The Bertz CT molecular complexity index is 873. The molecule has 3 aromatic rings. The van der Waals surface area contributed by atoms with Crippen molar-refractivity contribution in [2.75, 3.05) is 19.5 Å². The Labute approximate surface area is 137 Å². The number of nitrogens with zero attached hydrogens (tertiary/aromatic N) is 1. The van der Waals surface area contributed by atoms with Crippen LogP contribution in [0.4, 0.5) is 5.69 Å². The number of carbonyl (C=O) groups is 1. The number of nitrogens with two attached hydrogens (primary N) is 1. The lowest BCUT2D eigenvalue weighted by Crippen LogP contribution is -2.04. The zero-order valence-corrected chi connectivity index (χ0v) is 13.6. The van der Waals surface area contributed by atoms with Crippen molar-refractivity contribution >= 4 is 33.2 Å². The molecule has 0 aliphatic heterocycles. The lowest BCUT2D eigenvalue weighted by atomic mass is 10.1. The molecule has 5 nitrogen and oxygen atoms in total. The van der Waals surface area contributed by atoms with Gasteiger partial charge in [-0.15, -0.1) is 11.3 Å². The van der Waals surface area contributed by atoms with Crippen LogP contribution in [-0.4, -0.2) is 24.7 Å². The number of thiophene rings is 1. The molecule has 0 amide bonds. The quantitative estimate of drug-likeness (QED) is 0.739. The highest BCUT2D eigenvalue weighted by Gasteiger charge is 2.19. The number of aromatic nitrogens is 1. The normalized spacial score (nSPS) is 10.7. The molecular weight excluding hydrogens is 312 g/mol. The number of hydrogen-bond acceptors (Lipinski definition) is 6. The monoisotopic (exact) mass is 328 g/mol. The molecule has 0 aliphatic carbocycles. The van der Waals surface area contributed by atoms with Crippen LogP contribution in [-0.2, 0) is 4.74 Å². The maximum Gasteiger partial charge on any atom is 0.350 e. The summed E-state index contributed by atoms with van der Waals surface area (Å²) in [6, 6.07) is 11.4. The fourth-order valence-electron chi connectivity index (χ4n) is 2.35. The number of fused-ring (bicyclic) bond motifs is 1. The number of nitrogen functional groups attached to an aromatic ring is 1. The highest BCUT2D eigenvalue weighted by Crippen LogP contribution is 2.36. The van der Waals surface area contributed by atoms with E-state index in [1.165, 1.54) is 11.3 Å². The van der Waals surface area contributed by atoms with Gasteiger partial charge in [0.25, 0.3) is 0 Å². The molecule has 6 heteroatoms. The molecule has 23 heavy (non-hydrogen) atoms. The summed E-state index contributed by atoms with van der Waals surface area (Å²) in [6.45, 7) is 2.08. The first-order chi connectivity index (χ1) is 11.2. The van der Waals surface area contributed by atoms with E-state index in [1.807, 2.05) is 36.4 Å². The molecule has 0 bridgehead atoms. The minimum atomic E-state index is -0.410. The Morgan fingerprint density at radius 2 is 2.04 bits per heavy atom. The van der Waals surface area contributed by atoms with Gasteiger partial charge in [0.15, 0.2) is 0 Å². The van der Waals surface area contributed by atoms with Gasteiger partial charge in [-0.05, 0) is 31.2 Å². The van der Waals surface area contributed by atoms with Crippen LogP contribution in [0.2, 0.25) is 0 Å². The number of carbonyl (C=O) groups excluding carboxylic acids is 1. The van der Waals surface area contributed by atoms with E-state index in [0.29, 0.717) is 22.0 Å². The van der Waals surface area contributed by atoms with Gasteiger partial charge in [0, 0.05) is 10.9 Å². The fourth-order valence-corrected chi connectivity index (χ4v) is 3.34. The third-order valence-corrected chi connectivity index (χ3v) is 4.53. The first-order valence-electron chi connectivity index (χ1n) is 7.15. The van der Waals surface area contributed by atoms with Crippen LogP contribution in [0.15, 0.2) is 36.4 Å². The van der Waals surface area contributed by atoms with Gasteiger partial charge in [0.2, 0.25) is 0 Å². The number of methoxy groups -OCH3 is 1. The van der Waals surface area contributed by atoms with Gasteiger partial charge < -0.3 is 15.2 Å². The molecule has 0 fully saturated rings. The van der Waals surface area contributed by atoms with Crippen molar-refractivity contribution in [3.63, 3.8) is 0 Å². The van der Waals surface area contributed by atoms with Crippen molar-refractivity contribution in [2.45, 2.75) is 6.92 Å². The molecule has 0 atom stereocenters. The van der Waals surface area contributed by atoms with Crippen LogP contribution in [0.25, 0.3) is 21.5 Å². The van der Waals surface area contributed by atoms with Crippen LogP contribution in [0.3, 0.4) is 0 Å². The van der Waals surface area contributed by atoms with E-state index < -0.39 is 5.97 Å². The maximum atomic E-state index is 12.0. The van der Waals surface area contributed by atoms with Gasteiger partial charge in [-0.2, -0.15) is 0 Å². The molecule has 0 saturated carbocycles. The Morgan fingerprint density at radius 1 is 1.26 bits per heavy atom. The van der Waals surface area contributed by atoms with Gasteiger partial charge in [-0.25, -0.2) is 9.78 Å². The van der Waals surface area contributed by atoms with Crippen LogP contribution in [0, 0.1) is 0 Å². The second kappa shape index (κ2) is 6.26. The van der Waals surface area contributed by atoms with Crippen molar-refractivity contribution in [1.82, 2.24) is 4.98 Å². The van der Waals surface area contributed by atoms with E-state index in [0.717, 1.165) is 22.4 Å². The van der Waals surface area contributed by atoms with Gasteiger partial charge in [0.1, 0.15) is 15.5 Å². The van der Waals surface area contributed by atoms with Gasteiger partial charge in [0.05, 0.1) is 25.1 Å². The molecule has 2 aromatic heterocycles. The predicted octanol–water partition coefficient (Wildman–Crippen LogP) is 3.73. The molecule has 0 spiro atoms. The van der Waals surface area contributed by atoms with Crippen molar-refractivity contribution < 1.29 is 14.3 Å². The molecule has 118 valence electrons. The molecule has 2 heterocycles. The summed E-state index contributed by atoms with van der Waals surface area (Å²) < 4.78 is 10.4. The van der Waals surface area contributed by atoms with E-state index in [1.54, 1.807) is 14.0 Å². The summed E-state index contributed by atoms with van der Waals surface area (Å²) >= 11 is 1.24. The van der Waals surface area contributed by atoms with Crippen molar-refractivity contribution in [3.05, 3.63) is 41.3 Å². The second-order valence-corrected chi connectivity index (χ2v) is 5.81. The first kappa shape index (κ1) is 15.3. The number of pyridine rings is 1. The number of anilines is 1. The minimum absolute atomic E-state index is 0.312. The third-order valence-electron chi connectivity index (χ3n) is 3.44. The van der Waals surface area contributed by atoms with Crippen molar-refractivity contribution in [1.29, 1.82) is 0 Å². The van der Waals surface area contributed by atoms with E-state index in [2.05, 4.69) is 4.98 Å². The van der Waals surface area contributed by atoms with Gasteiger partial charge in [-0.1, -0.05) is 12.1 Å². The standard InChI is InChI=1S/C17H16N2O3S/c1-3-22-17(20)15-14(18)11-8-9-12(19-16(11)23-15)10-6-4-5-7-13(10)21-2/h4-9H,3,18H2,1-2H3. The number of hydrogen-bond donors (Lipinski definition) is 1. The molecule has 0 saturated heterocycles. The van der Waals surface area contributed by atoms with Crippen LogP contribution >= 0.6 is 11.3 Å². The van der Waals surface area contributed by atoms with Crippen LogP contribution in [0.5, 0.6) is 5.75 Å². The molecule has 3 rings (SSSR count). The number of esters is 1. The largest absolute Gasteiger partial charge is 0.496 e. The first-order valence-corrected chi connectivity index (χ1v) is 7.97. The summed E-state index contributed by atoms with van der Waals surface area (Å²) in [6.07, 6.45) is 0. The zero-order valence-electron chi connectivity index (χ0n) is 12.8. The zero-order chi connectivity index (χ0) is 16.4. The summed E-state index contributed by atoms with van der Waals surface area (Å²) in [5.41, 5.74) is 8.14. The molecular formula is C17H16N2O3S. The Balaban J connectivity index is 2.11. The number of ether oxygens (including phenoxy) is 2. The number of rotatable bonds is 4. The third kappa shape index (κ3) is 2.73. The van der Waals surface area contributed by atoms with E-state index in [4.69, 9.17) is 15.2 Å². The minimum Gasteiger partial charge on any atom is -0.496 e. The lowest BCUT2D eigenvalue weighted by molar-refractivity contribution is 0.0533. The topological polar surface area (TPSA) is 74.4 Å². The maximum absolute atomic E-state index is 12.0. The van der Waals surface area contributed by atoms with Crippen molar-refractivity contribution in [3.8, 4) is 17.0 Å².